The number of hydrogen-bond acceptors (Lipinski definition) is 0. The molecule has 0 spiro atoms. The maximum absolute atomic E-state index is 2.31. The molecule has 4 rings (SSSR count). The van der Waals surface area contributed by atoms with Gasteiger partial charge in [-0.05, 0) is 13.8 Å². The van der Waals surface area contributed by atoms with Crippen molar-refractivity contribution in [2.75, 3.05) is 0 Å². The Kier molecular flexibility index (Phi) is 12.7. The van der Waals surface area contributed by atoms with Gasteiger partial charge in [0.15, 0.2) is 0 Å². The van der Waals surface area contributed by atoms with Gasteiger partial charge in [0, 0.05) is 0 Å². The first-order chi connectivity index (χ1) is 13.1. The fourth-order valence-corrected chi connectivity index (χ4v) is 3.72. The van der Waals surface area contributed by atoms with Crippen molar-refractivity contribution in [3.8, 4) is 0 Å². The van der Waals surface area contributed by atoms with E-state index in [9.17, 15) is 0 Å². The fraction of sp³-hybridized carbons (Fsp3) is 0.308. The van der Waals surface area contributed by atoms with Gasteiger partial charge in [-0.1, -0.05) is 51.0 Å². The van der Waals surface area contributed by atoms with Crippen molar-refractivity contribution >= 4 is 27.0 Å². The Hall–Kier alpha value is -0.660. The first-order valence-corrected chi connectivity index (χ1v) is 16.1. The summed E-state index contributed by atoms with van der Waals surface area (Å²) >= 11 is 1.74. The Bertz CT molecular complexity index is 1030. The van der Waals surface area contributed by atoms with Crippen LogP contribution in [0.5, 0.6) is 0 Å². The Labute approximate surface area is 210 Å². The van der Waals surface area contributed by atoms with E-state index in [4.69, 9.17) is 0 Å². The molecule has 0 radical (unpaired) electrons. The molecule has 0 heterocycles. The molecule has 0 bridgehead atoms. The van der Waals surface area contributed by atoms with Crippen LogP contribution >= 0.6 is 0 Å². The van der Waals surface area contributed by atoms with Crippen LogP contribution in [0.15, 0.2) is 48.5 Å². The predicted molar refractivity (Wildman–Crippen MR) is 125 cm³/mol. The van der Waals surface area contributed by atoms with E-state index < -0.39 is 0 Å². The Morgan fingerprint density at radius 2 is 0.933 bits per heavy atom. The van der Waals surface area contributed by atoms with Gasteiger partial charge >= 0.3 is 41.9 Å². The van der Waals surface area contributed by atoms with Crippen LogP contribution in [-0.2, 0) is 23.3 Å². The average molecular weight is 535 g/mol. The van der Waals surface area contributed by atoms with E-state index in [1.807, 2.05) is 0 Å². The van der Waals surface area contributed by atoms with Gasteiger partial charge in [0.1, 0.15) is 0 Å². The average Bonchev–Trinajstić information content (AvgIpc) is 3.06. The van der Waals surface area contributed by atoms with Crippen LogP contribution < -0.4 is 24.8 Å². The van der Waals surface area contributed by atoms with E-state index in [1.165, 1.54) is 54.9 Å². The number of fused-ring (bicyclic) bond motifs is 2. The van der Waals surface area contributed by atoms with E-state index in [-0.39, 0.29) is 30.2 Å². The molecule has 30 heavy (non-hydrogen) atoms. The zero-order chi connectivity index (χ0) is 21.0. The standard InChI is InChI=1S/2C12H13.C2H6Si.2ClH.Zr/c2*1-8-5-4-6-11-7-9(2)10(3)12(8)11;1-3-2;;;/h2*4-7H,1-3H3;1-2H3;2*1H;/q2*-1;;;;+2/p-2. The molecule has 4 heteroatoms. The van der Waals surface area contributed by atoms with Crippen LogP contribution in [-0.4, -0.2) is 5.43 Å². The van der Waals surface area contributed by atoms with Crippen molar-refractivity contribution in [3.05, 3.63) is 81.9 Å². The Balaban J connectivity index is 0.000000452. The molecule has 0 aromatic heterocycles. The molecule has 4 aromatic carbocycles. The molecule has 0 aliphatic heterocycles. The van der Waals surface area contributed by atoms with Crippen LogP contribution in [0.25, 0.3) is 21.5 Å². The summed E-state index contributed by atoms with van der Waals surface area (Å²) in [7, 11) is 0. The summed E-state index contributed by atoms with van der Waals surface area (Å²) in [6.45, 7) is 17.7. The molecule has 0 atom stereocenters. The van der Waals surface area contributed by atoms with Crippen molar-refractivity contribution in [2.45, 2.75) is 54.6 Å². The molecule has 0 aliphatic rings. The van der Waals surface area contributed by atoms with E-state index in [1.54, 1.807) is 23.3 Å². The Morgan fingerprint density at radius 3 is 1.20 bits per heavy atom. The van der Waals surface area contributed by atoms with Crippen LogP contribution in [0.4, 0.5) is 0 Å². The zero-order valence-electron chi connectivity index (χ0n) is 19.4. The summed E-state index contributed by atoms with van der Waals surface area (Å²) in [6.07, 6.45) is 0. The second kappa shape index (κ2) is 13.0. The molecule has 0 saturated carbocycles. The minimum Gasteiger partial charge on any atom is -1.00 e. The van der Waals surface area contributed by atoms with Gasteiger partial charge in [-0.15, -0.1) is 69.1 Å². The third-order valence-corrected chi connectivity index (χ3v) is 5.29. The molecule has 4 aromatic rings. The smallest absolute Gasteiger partial charge is 0.0488 e. The van der Waals surface area contributed by atoms with E-state index in [0.717, 1.165) is 0 Å². The van der Waals surface area contributed by atoms with E-state index in [2.05, 4.69) is 103 Å². The Morgan fingerprint density at radius 1 is 0.633 bits per heavy atom. The van der Waals surface area contributed by atoms with Gasteiger partial charge in [0.05, 0.1) is 0 Å². The van der Waals surface area contributed by atoms with Crippen molar-refractivity contribution in [3.63, 3.8) is 0 Å². The van der Waals surface area contributed by atoms with Crippen LogP contribution in [0.1, 0.15) is 33.4 Å². The van der Waals surface area contributed by atoms with Crippen LogP contribution in [0.3, 0.4) is 0 Å². The summed E-state index contributed by atoms with van der Waals surface area (Å²) in [6, 6.07) is 17.5. The van der Waals surface area contributed by atoms with Gasteiger partial charge in [-0.25, -0.2) is 0 Å². The predicted octanol–water partition coefficient (Wildman–Crippen LogP) is 1.76. The summed E-state index contributed by atoms with van der Waals surface area (Å²) in [5.74, 6) is 0. The molecule has 0 amide bonds. The first kappa shape index (κ1) is 29.3. The van der Waals surface area contributed by atoms with Gasteiger partial charge < -0.3 is 24.8 Å². The van der Waals surface area contributed by atoms with Gasteiger partial charge in [0.2, 0.25) is 0 Å². The van der Waals surface area contributed by atoms with Crippen molar-refractivity contribution < 1.29 is 48.1 Å². The SMILES string of the molecule is C[Si](C)=[Zr+2].Cc1[cH-]c2cccc(C)c2c1C.Cc1[cH-]c2cccc(C)c2c1C.[Cl-].[Cl-]. The first-order valence-electron chi connectivity index (χ1n) is 9.89. The molecule has 0 aliphatic carbocycles. The molecular formula is C26H32Cl2SiZr-2. The molecule has 0 unspecified atom stereocenters. The van der Waals surface area contributed by atoms with Gasteiger partial charge in [0.25, 0.3) is 0 Å². The second-order valence-electron chi connectivity index (χ2n) is 7.98. The number of rotatable bonds is 0. The zero-order valence-corrected chi connectivity index (χ0v) is 24.3. The van der Waals surface area contributed by atoms with Crippen LogP contribution in [0, 0.1) is 41.5 Å². The second-order valence-corrected chi connectivity index (χ2v) is 17.4. The number of aryl methyl sites for hydroxylation is 6. The van der Waals surface area contributed by atoms with Gasteiger partial charge in [-0.3, -0.25) is 0 Å². The number of benzene rings is 2. The minimum absolute atomic E-state index is 0. The van der Waals surface area contributed by atoms with Crippen molar-refractivity contribution in [1.82, 2.24) is 0 Å². The van der Waals surface area contributed by atoms with Gasteiger partial charge in [-0.2, -0.15) is 11.1 Å². The third-order valence-electron chi connectivity index (χ3n) is 5.29. The summed E-state index contributed by atoms with van der Waals surface area (Å²) in [5.41, 5.74) is 8.66. The van der Waals surface area contributed by atoms with Crippen LogP contribution in [0.2, 0.25) is 13.1 Å². The summed E-state index contributed by atoms with van der Waals surface area (Å²) in [5, 5.41) is 5.64. The topological polar surface area (TPSA) is 0 Å². The molecule has 0 N–H and O–H groups in total. The maximum atomic E-state index is 2.31. The largest absolute Gasteiger partial charge is 1.00 e. The molecule has 160 valence electrons. The molecule has 0 nitrogen and oxygen atoms in total. The normalized spacial score (nSPS) is 9.67. The summed E-state index contributed by atoms with van der Waals surface area (Å²) in [4.78, 5) is 0. The van der Waals surface area contributed by atoms with Crippen molar-refractivity contribution in [2.24, 2.45) is 0 Å². The van der Waals surface area contributed by atoms with E-state index in [0.29, 0.717) is 0 Å². The molecule has 0 fully saturated rings. The minimum atomic E-state index is 0. The third kappa shape index (κ3) is 7.20. The van der Waals surface area contributed by atoms with Crippen molar-refractivity contribution in [1.29, 1.82) is 0 Å². The maximum Gasteiger partial charge on any atom is -0.0488 e. The number of hydrogen-bond donors (Lipinski definition) is 0. The molecule has 0 saturated heterocycles. The number of halogens is 2. The monoisotopic (exact) mass is 532 g/mol. The summed E-state index contributed by atoms with van der Waals surface area (Å²) < 4.78 is 0. The van der Waals surface area contributed by atoms with E-state index >= 15 is 0 Å². The fourth-order valence-electron chi connectivity index (χ4n) is 3.72. The quantitative estimate of drug-likeness (QED) is 0.238. The molecular weight excluding hydrogens is 503 g/mol.